The third-order valence-corrected chi connectivity index (χ3v) is 6.81. The number of carbonyl (C=O) groups is 3. The van der Waals surface area contributed by atoms with E-state index in [0.29, 0.717) is 17.3 Å². The zero-order valence-electron chi connectivity index (χ0n) is 21.3. The number of anilines is 2. The average Bonchev–Trinajstić information content (AvgIpc) is 3.28. The summed E-state index contributed by atoms with van der Waals surface area (Å²) in [4.78, 5) is 41.6. The molecule has 0 aliphatic heterocycles. The molecule has 11 heteroatoms. The predicted molar refractivity (Wildman–Crippen MR) is 141 cm³/mol. The first-order chi connectivity index (χ1) is 17.1. The Hall–Kier alpha value is -3.34. The van der Waals surface area contributed by atoms with Gasteiger partial charge in [-0.2, -0.15) is 0 Å². The van der Waals surface area contributed by atoms with Crippen molar-refractivity contribution >= 4 is 40.9 Å². The van der Waals surface area contributed by atoms with Crippen molar-refractivity contribution in [2.45, 2.75) is 77.5 Å². The maximum absolute atomic E-state index is 12.1. The summed E-state index contributed by atoms with van der Waals surface area (Å²) in [7, 11) is 1.54. The number of nitrogens with one attached hydrogen (secondary N) is 4. The molecule has 0 unspecified atom stereocenters. The quantitative estimate of drug-likeness (QED) is 0.374. The van der Waals surface area contributed by atoms with Crippen LogP contribution in [0.5, 0.6) is 0 Å². The van der Waals surface area contributed by atoms with Gasteiger partial charge >= 0.3 is 18.2 Å². The van der Waals surface area contributed by atoms with E-state index in [1.807, 2.05) is 26.1 Å². The molecule has 36 heavy (non-hydrogen) atoms. The van der Waals surface area contributed by atoms with Crippen LogP contribution in [0.4, 0.5) is 25.8 Å². The molecule has 4 N–H and O–H groups in total. The van der Waals surface area contributed by atoms with Crippen LogP contribution in [0.25, 0.3) is 10.4 Å². The molecule has 10 nitrogen and oxygen atoms in total. The Bertz CT molecular complexity index is 1060. The molecule has 1 aliphatic rings. The van der Waals surface area contributed by atoms with Gasteiger partial charge in [0.15, 0.2) is 0 Å². The van der Waals surface area contributed by atoms with E-state index in [2.05, 4.69) is 26.3 Å². The van der Waals surface area contributed by atoms with Crippen LogP contribution < -0.4 is 21.3 Å². The standard InChI is InChI=1S/C25H35N5O5S/c1-14(2)34-24(32)28-17-8-6-16(7-9-17)22-27-13-21(36-22)19-11-10-18(29-25(33)35-15(3)4)12-20(19)30-23(31)26-5/h10-17H,6-9H2,1-5H3,(H,28,32)(H,29,33)(H2,26,30,31)/t16-,17-. The van der Waals surface area contributed by atoms with Gasteiger partial charge < -0.3 is 25.4 Å². The molecule has 3 rings (SSSR count). The highest BCUT2D eigenvalue weighted by molar-refractivity contribution is 7.15. The molecule has 1 fully saturated rings. The summed E-state index contributed by atoms with van der Waals surface area (Å²) in [6.07, 6.45) is 4.07. The molecule has 0 spiro atoms. The van der Waals surface area contributed by atoms with Gasteiger partial charge in [0, 0.05) is 36.5 Å². The average molecular weight is 518 g/mol. The van der Waals surface area contributed by atoms with E-state index in [9.17, 15) is 14.4 Å². The fraction of sp³-hybridized carbons (Fsp3) is 0.520. The molecule has 196 valence electrons. The second-order valence-electron chi connectivity index (χ2n) is 9.25. The molecular weight excluding hydrogens is 482 g/mol. The Balaban J connectivity index is 1.70. The van der Waals surface area contributed by atoms with E-state index >= 15 is 0 Å². The Morgan fingerprint density at radius 2 is 1.64 bits per heavy atom. The number of ether oxygens (including phenoxy) is 2. The van der Waals surface area contributed by atoms with Crippen LogP contribution in [0.3, 0.4) is 0 Å². The van der Waals surface area contributed by atoms with Gasteiger partial charge in [-0.1, -0.05) is 0 Å². The fourth-order valence-corrected chi connectivity index (χ4v) is 5.11. The predicted octanol–water partition coefficient (Wildman–Crippen LogP) is 5.68. The van der Waals surface area contributed by atoms with Crippen LogP contribution in [0.1, 0.15) is 64.3 Å². The van der Waals surface area contributed by atoms with Gasteiger partial charge in [-0.3, -0.25) is 5.32 Å². The van der Waals surface area contributed by atoms with E-state index in [-0.39, 0.29) is 30.4 Å². The highest BCUT2D eigenvalue weighted by atomic mass is 32.1. The molecule has 0 radical (unpaired) electrons. The van der Waals surface area contributed by atoms with Crippen LogP contribution in [-0.4, -0.2) is 48.5 Å². The molecule has 1 aromatic carbocycles. The number of nitrogens with zero attached hydrogens (tertiary/aromatic N) is 1. The summed E-state index contributed by atoms with van der Waals surface area (Å²) in [6, 6.07) is 5.04. The first-order valence-corrected chi connectivity index (χ1v) is 13.0. The van der Waals surface area contributed by atoms with Crippen LogP contribution in [-0.2, 0) is 9.47 Å². The topological polar surface area (TPSA) is 131 Å². The Kier molecular flexibility index (Phi) is 9.51. The minimum atomic E-state index is -0.564. The lowest BCUT2D eigenvalue weighted by atomic mass is 9.86. The molecule has 4 amide bonds. The number of hydrogen-bond acceptors (Lipinski definition) is 7. The summed E-state index contributed by atoms with van der Waals surface area (Å²) in [5.41, 5.74) is 1.85. The smallest absolute Gasteiger partial charge is 0.411 e. The Labute approximate surface area is 215 Å². The summed E-state index contributed by atoms with van der Waals surface area (Å²) in [5, 5.41) is 12.0. The number of hydrogen-bond donors (Lipinski definition) is 4. The van der Waals surface area contributed by atoms with Crippen LogP contribution >= 0.6 is 11.3 Å². The second kappa shape index (κ2) is 12.6. The maximum atomic E-state index is 12.1. The zero-order valence-corrected chi connectivity index (χ0v) is 22.2. The minimum absolute atomic E-state index is 0.109. The van der Waals surface area contributed by atoms with Crippen molar-refractivity contribution in [1.29, 1.82) is 0 Å². The van der Waals surface area contributed by atoms with Gasteiger partial charge in [0.1, 0.15) is 0 Å². The van der Waals surface area contributed by atoms with Crippen molar-refractivity contribution in [3.05, 3.63) is 29.4 Å². The van der Waals surface area contributed by atoms with E-state index in [4.69, 9.17) is 9.47 Å². The highest BCUT2D eigenvalue weighted by Gasteiger charge is 2.26. The molecule has 1 aromatic heterocycles. The minimum Gasteiger partial charge on any atom is -0.447 e. The molecule has 2 aromatic rings. The first-order valence-electron chi connectivity index (χ1n) is 12.2. The van der Waals surface area contributed by atoms with E-state index < -0.39 is 6.09 Å². The number of rotatable bonds is 7. The number of urea groups is 1. The molecule has 0 atom stereocenters. The van der Waals surface area contributed by atoms with Crippen molar-refractivity contribution in [2.24, 2.45) is 0 Å². The molecule has 0 bridgehead atoms. The van der Waals surface area contributed by atoms with Gasteiger partial charge in [0.2, 0.25) is 0 Å². The van der Waals surface area contributed by atoms with Crippen LogP contribution in [0.2, 0.25) is 0 Å². The van der Waals surface area contributed by atoms with Crippen molar-refractivity contribution in [3.63, 3.8) is 0 Å². The number of amides is 4. The summed E-state index contributed by atoms with van der Waals surface area (Å²) >= 11 is 1.59. The number of benzene rings is 1. The number of carbonyl (C=O) groups excluding carboxylic acids is 3. The maximum Gasteiger partial charge on any atom is 0.411 e. The van der Waals surface area contributed by atoms with Crippen molar-refractivity contribution in [3.8, 4) is 10.4 Å². The lowest BCUT2D eigenvalue weighted by Crippen LogP contribution is -2.38. The van der Waals surface area contributed by atoms with Crippen molar-refractivity contribution < 1.29 is 23.9 Å². The van der Waals surface area contributed by atoms with Gasteiger partial charge in [-0.05, 0) is 71.6 Å². The van der Waals surface area contributed by atoms with Crippen molar-refractivity contribution in [2.75, 3.05) is 17.7 Å². The second-order valence-corrected chi connectivity index (χ2v) is 10.3. The zero-order chi connectivity index (χ0) is 26.2. The summed E-state index contributed by atoms with van der Waals surface area (Å²) in [5.74, 6) is 0.310. The van der Waals surface area contributed by atoms with Gasteiger partial charge in [0.25, 0.3) is 0 Å². The Morgan fingerprint density at radius 3 is 2.28 bits per heavy atom. The fourth-order valence-electron chi connectivity index (χ4n) is 3.99. The highest BCUT2D eigenvalue weighted by Crippen LogP contribution is 2.40. The number of alkyl carbamates (subject to hydrolysis) is 1. The van der Waals surface area contributed by atoms with E-state index in [1.54, 1.807) is 37.3 Å². The molecule has 0 saturated heterocycles. The monoisotopic (exact) mass is 517 g/mol. The summed E-state index contributed by atoms with van der Waals surface area (Å²) in [6.45, 7) is 7.20. The van der Waals surface area contributed by atoms with Gasteiger partial charge in [-0.15, -0.1) is 11.3 Å². The molecule has 1 saturated carbocycles. The summed E-state index contributed by atoms with van der Waals surface area (Å²) < 4.78 is 10.3. The van der Waals surface area contributed by atoms with Crippen molar-refractivity contribution in [1.82, 2.24) is 15.6 Å². The largest absolute Gasteiger partial charge is 0.447 e. The van der Waals surface area contributed by atoms with Crippen LogP contribution in [0, 0.1) is 0 Å². The van der Waals surface area contributed by atoms with Crippen LogP contribution in [0.15, 0.2) is 24.4 Å². The molecule has 1 heterocycles. The lowest BCUT2D eigenvalue weighted by Gasteiger charge is -2.28. The van der Waals surface area contributed by atoms with Gasteiger partial charge in [-0.25, -0.2) is 19.4 Å². The third-order valence-electron chi connectivity index (χ3n) is 5.61. The number of aromatic nitrogens is 1. The Morgan fingerprint density at radius 1 is 0.972 bits per heavy atom. The normalized spacial score (nSPS) is 17.4. The lowest BCUT2D eigenvalue weighted by molar-refractivity contribution is 0.109. The van der Waals surface area contributed by atoms with E-state index in [1.165, 1.54) is 7.05 Å². The third kappa shape index (κ3) is 7.84. The van der Waals surface area contributed by atoms with E-state index in [0.717, 1.165) is 41.1 Å². The molecular formula is C25H35N5O5S. The number of thiazole rings is 1. The van der Waals surface area contributed by atoms with Gasteiger partial charge in [0.05, 0.1) is 27.8 Å². The molecule has 1 aliphatic carbocycles. The SMILES string of the molecule is CNC(=O)Nc1cc(NC(=O)OC(C)C)ccc1-c1cnc([C@H]2CC[C@H](NC(=O)OC(C)C)CC2)s1. The first kappa shape index (κ1) is 27.3.